The first-order valence-electron chi connectivity index (χ1n) is 5.08. The molecule has 0 saturated heterocycles. The number of aryl methyl sites for hydroxylation is 1. The van der Waals surface area contributed by atoms with Crippen molar-refractivity contribution in [2.24, 2.45) is 5.92 Å². The fourth-order valence-corrected chi connectivity index (χ4v) is 1.51. The topological polar surface area (TPSA) is 74.6 Å². The molecular formula is C12H14O4. The summed E-state index contributed by atoms with van der Waals surface area (Å²) in [5.74, 6) is -2.92. The van der Waals surface area contributed by atoms with Crippen molar-refractivity contribution in [2.45, 2.75) is 19.3 Å². The van der Waals surface area contributed by atoms with Gasteiger partial charge in [0.1, 0.15) is 0 Å². The number of carboxylic acids is 2. The van der Waals surface area contributed by atoms with Gasteiger partial charge in [0.2, 0.25) is 0 Å². The van der Waals surface area contributed by atoms with Crippen molar-refractivity contribution in [3.63, 3.8) is 0 Å². The molecule has 0 heterocycles. The molecule has 0 spiro atoms. The van der Waals surface area contributed by atoms with Crippen LogP contribution in [-0.4, -0.2) is 22.2 Å². The highest BCUT2D eigenvalue weighted by atomic mass is 16.4. The summed E-state index contributed by atoms with van der Waals surface area (Å²) >= 11 is 0. The quantitative estimate of drug-likeness (QED) is 0.769. The second-order valence-corrected chi connectivity index (χ2v) is 3.66. The van der Waals surface area contributed by atoms with Crippen molar-refractivity contribution in [3.8, 4) is 0 Å². The standard InChI is InChI=1S/C12H14O4/c13-11(14)8-10(12(15)16)7-6-9-4-2-1-3-5-9/h1-5,10H,6-8H2,(H,13,14)(H,15,16)/t10-/m0/s1. The van der Waals surface area contributed by atoms with Crippen molar-refractivity contribution < 1.29 is 19.8 Å². The Balaban J connectivity index is 2.50. The zero-order valence-electron chi connectivity index (χ0n) is 8.80. The van der Waals surface area contributed by atoms with E-state index in [-0.39, 0.29) is 6.42 Å². The van der Waals surface area contributed by atoms with Crippen molar-refractivity contribution in [3.05, 3.63) is 35.9 Å². The van der Waals surface area contributed by atoms with Crippen molar-refractivity contribution in [1.82, 2.24) is 0 Å². The minimum Gasteiger partial charge on any atom is -0.481 e. The van der Waals surface area contributed by atoms with Crippen LogP contribution in [-0.2, 0) is 16.0 Å². The first-order chi connectivity index (χ1) is 7.59. The lowest BCUT2D eigenvalue weighted by Crippen LogP contribution is -2.18. The summed E-state index contributed by atoms with van der Waals surface area (Å²) in [6, 6.07) is 9.44. The van der Waals surface area contributed by atoms with Gasteiger partial charge in [-0.25, -0.2) is 0 Å². The molecule has 0 aliphatic heterocycles. The maximum absolute atomic E-state index is 10.8. The second kappa shape index (κ2) is 5.90. The van der Waals surface area contributed by atoms with Gasteiger partial charge in [-0.05, 0) is 18.4 Å². The monoisotopic (exact) mass is 222 g/mol. The Morgan fingerprint density at radius 1 is 1.12 bits per heavy atom. The molecule has 0 bridgehead atoms. The molecule has 0 aliphatic rings. The first kappa shape index (κ1) is 12.2. The molecule has 0 aromatic heterocycles. The van der Waals surface area contributed by atoms with Crippen LogP contribution in [0.1, 0.15) is 18.4 Å². The van der Waals surface area contributed by atoms with E-state index >= 15 is 0 Å². The lowest BCUT2D eigenvalue weighted by atomic mass is 9.97. The molecular weight excluding hydrogens is 208 g/mol. The van der Waals surface area contributed by atoms with Crippen molar-refractivity contribution >= 4 is 11.9 Å². The number of aliphatic carboxylic acids is 2. The average molecular weight is 222 g/mol. The number of rotatable bonds is 6. The van der Waals surface area contributed by atoms with E-state index in [9.17, 15) is 9.59 Å². The molecule has 0 saturated carbocycles. The normalized spacial score (nSPS) is 12.0. The predicted octanol–water partition coefficient (Wildman–Crippen LogP) is 1.79. The second-order valence-electron chi connectivity index (χ2n) is 3.66. The minimum absolute atomic E-state index is 0.317. The van der Waals surface area contributed by atoms with Gasteiger partial charge in [-0.15, -0.1) is 0 Å². The molecule has 86 valence electrons. The number of hydrogen-bond donors (Lipinski definition) is 2. The van der Waals surface area contributed by atoms with Crippen molar-refractivity contribution in [1.29, 1.82) is 0 Å². The Hall–Kier alpha value is -1.84. The summed E-state index contributed by atoms with van der Waals surface area (Å²) in [6.45, 7) is 0. The highest BCUT2D eigenvalue weighted by Crippen LogP contribution is 2.13. The van der Waals surface area contributed by atoms with E-state index in [1.54, 1.807) is 0 Å². The van der Waals surface area contributed by atoms with Gasteiger partial charge in [-0.1, -0.05) is 30.3 Å². The maximum atomic E-state index is 10.8. The molecule has 2 N–H and O–H groups in total. The average Bonchev–Trinajstić information content (AvgIpc) is 2.25. The van der Waals surface area contributed by atoms with Crippen molar-refractivity contribution in [2.75, 3.05) is 0 Å². The molecule has 0 aliphatic carbocycles. The smallest absolute Gasteiger partial charge is 0.307 e. The molecule has 0 amide bonds. The largest absolute Gasteiger partial charge is 0.481 e. The van der Waals surface area contributed by atoms with Gasteiger partial charge < -0.3 is 10.2 Å². The zero-order chi connectivity index (χ0) is 12.0. The van der Waals surface area contributed by atoms with E-state index < -0.39 is 17.9 Å². The fourth-order valence-electron chi connectivity index (χ4n) is 1.51. The van der Waals surface area contributed by atoms with Gasteiger partial charge >= 0.3 is 11.9 Å². The maximum Gasteiger partial charge on any atom is 0.307 e. The molecule has 1 aromatic carbocycles. The SMILES string of the molecule is O=C(O)C[C@H](CCc1ccccc1)C(=O)O. The van der Waals surface area contributed by atoms with Crippen LogP contribution < -0.4 is 0 Å². The van der Waals surface area contributed by atoms with Crippen LogP contribution in [0.3, 0.4) is 0 Å². The van der Waals surface area contributed by atoms with E-state index in [4.69, 9.17) is 10.2 Å². The Labute approximate surface area is 93.5 Å². The summed E-state index contributed by atoms with van der Waals surface area (Å²) in [4.78, 5) is 21.3. The van der Waals surface area contributed by atoms with Crippen LogP contribution in [0.2, 0.25) is 0 Å². The van der Waals surface area contributed by atoms with Crippen LogP contribution in [0.25, 0.3) is 0 Å². The molecule has 0 radical (unpaired) electrons. The van der Waals surface area contributed by atoms with Gasteiger partial charge in [0, 0.05) is 0 Å². The predicted molar refractivity (Wildman–Crippen MR) is 58.1 cm³/mol. The molecule has 1 atom stereocenters. The third-order valence-electron chi connectivity index (χ3n) is 2.39. The van der Waals surface area contributed by atoms with Crippen LogP contribution in [0, 0.1) is 5.92 Å². The van der Waals surface area contributed by atoms with E-state index in [0.29, 0.717) is 12.8 Å². The molecule has 0 unspecified atom stereocenters. The fraction of sp³-hybridized carbons (Fsp3) is 0.333. The van der Waals surface area contributed by atoms with Gasteiger partial charge in [-0.3, -0.25) is 9.59 Å². The lowest BCUT2D eigenvalue weighted by molar-refractivity contribution is -0.148. The zero-order valence-corrected chi connectivity index (χ0v) is 8.80. The highest BCUT2D eigenvalue weighted by molar-refractivity contribution is 5.77. The van der Waals surface area contributed by atoms with Crippen LogP contribution >= 0.6 is 0 Å². The van der Waals surface area contributed by atoms with Crippen LogP contribution in [0.15, 0.2) is 30.3 Å². The van der Waals surface area contributed by atoms with E-state index in [1.807, 2.05) is 30.3 Å². The van der Waals surface area contributed by atoms with Gasteiger partial charge in [0.25, 0.3) is 0 Å². The molecule has 1 rings (SSSR count). The summed E-state index contributed by atoms with van der Waals surface area (Å²) in [6.07, 6.45) is 0.624. The number of carboxylic acid groups (broad SMARTS) is 2. The number of hydrogen-bond acceptors (Lipinski definition) is 2. The van der Waals surface area contributed by atoms with E-state index in [0.717, 1.165) is 5.56 Å². The molecule has 4 heteroatoms. The molecule has 0 fully saturated rings. The van der Waals surface area contributed by atoms with Gasteiger partial charge in [0.15, 0.2) is 0 Å². The van der Waals surface area contributed by atoms with Gasteiger partial charge in [0.05, 0.1) is 12.3 Å². The summed E-state index contributed by atoms with van der Waals surface area (Å²) in [7, 11) is 0. The van der Waals surface area contributed by atoms with E-state index in [1.165, 1.54) is 0 Å². The first-order valence-corrected chi connectivity index (χ1v) is 5.08. The number of carbonyl (C=O) groups is 2. The highest BCUT2D eigenvalue weighted by Gasteiger charge is 2.20. The molecule has 16 heavy (non-hydrogen) atoms. The Bertz CT molecular complexity index is 359. The summed E-state index contributed by atoms with van der Waals surface area (Å²) < 4.78 is 0. The van der Waals surface area contributed by atoms with Crippen LogP contribution in [0.5, 0.6) is 0 Å². The Morgan fingerprint density at radius 3 is 2.25 bits per heavy atom. The Morgan fingerprint density at radius 2 is 1.75 bits per heavy atom. The lowest BCUT2D eigenvalue weighted by Gasteiger charge is -2.09. The summed E-state index contributed by atoms with van der Waals surface area (Å²) in [5.41, 5.74) is 1.03. The number of benzene rings is 1. The third kappa shape index (κ3) is 4.13. The minimum atomic E-state index is -1.07. The third-order valence-corrected chi connectivity index (χ3v) is 2.39. The Kier molecular flexibility index (Phi) is 4.51. The molecule has 4 nitrogen and oxygen atoms in total. The summed E-state index contributed by atoms with van der Waals surface area (Å²) in [5, 5.41) is 17.4. The van der Waals surface area contributed by atoms with E-state index in [2.05, 4.69) is 0 Å². The van der Waals surface area contributed by atoms with Gasteiger partial charge in [-0.2, -0.15) is 0 Å². The molecule has 1 aromatic rings. The van der Waals surface area contributed by atoms with Crippen LogP contribution in [0.4, 0.5) is 0 Å².